The summed E-state index contributed by atoms with van der Waals surface area (Å²) in [6.07, 6.45) is 1.95. The van der Waals surface area contributed by atoms with Gasteiger partial charge in [0.25, 0.3) is 0 Å². The minimum absolute atomic E-state index is 0.0843. The van der Waals surface area contributed by atoms with Crippen LogP contribution in [0.3, 0.4) is 0 Å². The fraction of sp³-hybridized carbons (Fsp3) is 0.500. The second kappa shape index (κ2) is 9.05. The molecule has 0 bridgehead atoms. The summed E-state index contributed by atoms with van der Waals surface area (Å²) in [6.45, 7) is -1.84. The van der Waals surface area contributed by atoms with Crippen LogP contribution < -0.4 is 20.1 Å². The Morgan fingerprint density at radius 3 is 2.60 bits per heavy atom. The molecule has 2 rings (SSSR count). The van der Waals surface area contributed by atoms with Crippen molar-refractivity contribution < 1.29 is 27.8 Å². The van der Waals surface area contributed by atoms with Gasteiger partial charge in [0.1, 0.15) is 11.5 Å². The molecular formula is C16H21F2N3O4. The summed E-state index contributed by atoms with van der Waals surface area (Å²) in [5.41, 5.74) is 0.195. The molecule has 0 atom stereocenters. The summed E-state index contributed by atoms with van der Waals surface area (Å²) in [5, 5.41) is 5.22. The zero-order chi connectivity index (χ0) is 18.2. The lowest BCUT2D eigenvalue weighted by Crippen LogP contribution is -2.40. The molecule has 1 aliphatic heterocycles. The normalized spacial score (nSPS) is 13.7. The largest absolute Gasteiger partial charge is 0.497 e. The molecule has 2 amide bonds. The van der Waals surface area contributed by atoms with E-state index in [0.717, 1.165) is 12.8 Å². The van der Waals surface area contributed by atoms with E-state index in [-0.39, 0.29) is 30.4 Å². The Morgan fingerprint density at radius 1 is 1.24 bits per heavy atom. The third-order valence-corrected chi connectivity index (χ3v) is 3.74. The Bertz CT molecular complexity index is 607. The number of likely N-dealkylation sites (tertiary alicyclic amines) is 1. The molecule has 0 unspecified atom stereocenters. The Hall–Kier alpha value is -2.58. The van der Waals surface area contributed by atoms with Gasteiger partial charge in [0.15, 0.2) is 0 Å². The van der Waals surface area contributed by atoms with Gasteiger partial charge in [0, 0.05) is 19.2 Å². The summed E-state index contributed by atoms with van der Waals surface area (Å²) in [7, 11) is 1.43. The molecule has 7 nitrogen and oxygen atoms in total. The number of halogens is 2. The van der Waals surface area contributed by atoms with E-state index in [0.29, 0.717) is 18.8 Å². The zero-order valence-electron chi connectivity index (χ0n) is 13.9. The highest BCUT2D eigenvalue weighted by molar-refractivity contribution is 5.87. The van der Waals surface area contributed by atoms with Crippen LogP contribution in [0.5, 0.6) is 11.5 Å². The molecule has 9 heteroatoms. The number of hydrogen-bond acceptors (Lipinski definition) is 5. The Kier molecular flexibility index (Phi) is 6.79. The van der Waals surface area contributed by atoms with Crippen LogP contribution in [0.1, 0.15) is 12.8 Å². The van der Waals surface area contributed by atoms with Crippen molar-refractivity contribution in [1.29, 1.82) is 0 Å². The van der Waals surface area contributed by atoms with E-state index >= 15 is 0 Å². The maximum absolute atomic E-state index is 12.4. The number of anilines is 1. The Balaban J connectivity index is 1.86. The van der Waals surface area contributed by atoms with Crippen LogP contribution in [-0.4, -0.2) is 56.6 Å². The second-order valence-corrected chi connectivity index (χ2v) is 5.46. The molecule has 0 radical (unpaired) electrons. The number of amides is 2. The van der Waals surface area contributed by atoms with Crippen molar-refractivity contribution in [3.8, 4) is 11.5 Å². The monoisotopic (exact) mass is 357 g/mol. The first-order valence-corrected chi connectivity index (χ1v) is 7.91. The minimum atomic E-state index is -2.99. The van der Waals surface area contributed by atoms with Gasteiger partial charge >= 0.3 is 6.61 Å². The number of carbonyl (C=O) groups excluding carboxylic acids is 2. The van der Waals surface area contributed by atoms with E-state index in [4.69, 9.17) is 4.74 Å². The fourth-order valence-corrected chi connectivity index (χ4v) is 2.46. The van der Waals surface area contributed by atoms with Gasteiger partial charge in [-0.25, -0.2) is 0 Å². The van der Waals surface area contributed by atoms with Crippen LogP contribution >= 0.6 is 0 Å². The lowest BCUT2D eigenvalue weighted by atomic mass is 10.2. The van der Waals surface area contributed by atoms with Crippen LogP contribution in [-0.2, 0) is 9.59 Å². The summed E-state index contributed by atoms with van der Waals surface area (Å²) in [6, 6.07) is 4.24. The molecule has 0 spiro atoms. The molecule has 0 aromatic heterocycles. The van der Waals surface area contributed by atoms with Crippen LogP contribution in [0.2, 0.25) is 0 Å². The summed E-state index contributed by atoms with van der Waals surface area (Å²) < 4.78 is 34.3. The van der Waals surface area contributed by atoms with Crippen molar-refractivity contribution in [1.82, 2.24) is 10.2 Å². The minimum Gasteiger partial charge on any atom is -0.497 e. The van der Waals surface area contributed by atoms with Crippen LogP contribution in [0, 0.1) is 0 Å². The van der Waals surface area contributed by atoms with Crippen molar-refractivity contribution in [2.45, 2.75) is 19.5 Å². The van der Waals surface area contributed by atoms with E-state index < -0.39 is 12.5 Å². The molecule has 0 saturated carbocycles. The van der Waals surface area contributed by atoms with Gasteiger partial charge in [-0.2, -0.15) is 8.78 Å². The molecule has 1 heterocycles. The molecule has 138 valence electrons. The molecule has 1 aromatic carbocycles. The maximum atomic E-state index is 12.4. The highest BCUT2D eigenvalue weighted by atomic mass is 19.3. The predicted molar refractivity (Wildman–Crippen MR) is 86.9 cm³/mol. The number of carbonyl (C=O) groups is 2. The van der Waals surface area contributed by atoms with Crippen molar-refractivity contribution in [3.05, 3.63) is 18.2 Å². The summed E-state index contributed by atoms with van der Waals surface area (Å²) >= 11 is 0. The average Bonchev–Trinajstić information content (AvgIpc) is 3.13. The highest BCUT2D eigenvalue weighted by Crippen LogP contribution is 2.30. The molecular weight excluding hydrogens is 336 g/mol. The zero-order valence-corrected chi connectivity index (χ0v) is 13.9. The van der Waals surface area contributed by atoms with Gasteiger partial charge in [0.2, 0.25) is 11.8 Å². The van der Waals surface area contributed by atoms with Gasteiger partial charge in [-0.15, -0.1) is 0 Å². The molecule has 1 aromatic rings. The second-order valence-electron chi connectivity index (χ2n) is 5.46. The van der Waals surface area contributed by atoms with Gasteiger partial charge < -0.3 is 25.0 Å². The van der Waals surface area contributed by atoms with Crippen molar-refractivity contribution in [2.75, 3.05) is 38.6 Å². The fourth-order valence-electron chi connectivity index (χ4n) is 2.46. The highest BCUT2D eigenvalue weighted by Gasteiger charge is 2.18. The Labute approximate surface area is 144 Å². The van der Waals surface area contributed by atoms with Gasteiger partial charge in [-0.3, -0.25) is 9.59 Å². The van der Waals surface area contributed by atoms with Gasteiger partial charge in [0.05, 0.1) is 25.9 Å². The first-order valence-electron chi connectivity index (χ1n) is 7.91. The number of nitrogens with one attached hydrogen (secondary N) is 2. The topological polar surface area (TPSA) is 79.9 Å². The SMILES string of the molecule is COc1ccc(OC(F)F)c(NCC(=O)NCC(=O)N2CCCC2)c1. The summed E-state index contributed by atoms with van der Waals surface area (Å²) in [5.74, 6) is -0.238. The number of methoxy groups -OCH3 is 1. The number of rotatable bonds is 8. The first-order chi connectivity index (χ1) is 12.0. The molecule has 1 saturated heterocycles. The number of ether oxygens (including phenoxy) is 2. The third-order valence-electron chi connectivity index (χ3n) is 3.74. The lowest BCUT2D eigenvalue weighted by molar-refractivity contribution is -0.131. The first kappa shape index (κ1) is 18.8. The van der Waals surface area contributed by atoms with E-state index in [1.54, 1.807) is 4.90 Å². The summed E-state index contributed by atoms with van der Waals surface area (Å²) in [4.78, 5) is 25.4. The number of nitrogens with zero attached hydrogens (tertiary/aromatic N) is 1. The smallest absolute Gasteiger partial charge is 0.387 e. The molecule has 0 aliphatic carbocycles. The predicted octanol–water partition coefficient (Wildman–Crippen LogP) is 1.45. The average molecular weight is 357 g/mol. The Morgan fingerprint density at radius 2 is 1.96 bits per heavy atom. The number of benzene rings is 1. The van der Waals surface area contributed by atoms with Crippen LogP contribution in [0.4, 0.5) is 14.5 Å². The lowest BCUT2D eigenvalue weighted by Gasteiger charge is -2.16. The quantitative estimate of drug-likeness (QED) is 0.736. The van der Waals surface area contributed by atoms with E-state index in [1.165, 1.54) is 25.3 Å². The standard InChI is InChI=1S/C16H21F2N3O4/c1-24-11-4-5-13(25-16(17)18)12(8-11)19-9-14(22)20-10-15(23)21-6-2-3-7-21/h4-5,8,16,19H,2-3,6-7,9-10H2,1H3,(H,20,22). The molecule has 1 aliphatic rings. The molecule has 1 fully saturated rings. The van der Waals surface area contributed by atoms with E-state index in [2.05, 4.69) is 15.4 Å². The van der Waals surface area contributed by atoms with E-state index in [1.807, 2.05) is 0 Å². The van der Waals surface area contributed by atoms with Crippen molar-refractivity contribution in [3.63, 3.8) is 0 Å². The van der Waals surface area contributed by atoms with Crippen molar-refractivity contribution >= 4 is 17.5 Å². The van der Waals surface area contributed by atoms with Gasteiger partial charge in [-0.1, -0.05) is 0 Å². The number of alkyl halides is 2. The van der Waals surface area contributed by atoms with Crippen LogP contribution in [0.25, 0.3) is 0 Å². The van der Waals surface area contributed by atoms with E-state index in [9.17, 15) is 18.4 Å². The third kappa shape index (κ3) is 5.77. The molecule has 25 heavy (non-hydrogen) atoms. The van der Waals surface area contributed by atoms with Gasteiger partial charge in [-0.05, 0) is 25.0 Å². The van der Waals surface area contributed by atoms with Crippen LogP contribution in [0.15, 0.2) is 18.2 Å². The molecule has 2 N–H and O–H groups in total. The maximum Gasteiger partial charge on any atom is 0.387 e. The van der Waals surface area contributed by atoms with Crippen molar-refractivity contribution in [2.24, 2.45) is 0 Å². The number of hydrogen-bond donors (Lipinski definition) is 2.